The van der Waals surface area contributed by atoms with Gasteiger partial charge in [-0.25, -0.2) is 9.37 Å². The minimum Gasteiger partial charge on any atom is -0.329 e. The maximum absolute atomic E-state index is 14.1. The van der Waals surface area contributed by atoms with E-state index >= 15 is 0 Å². The number of carbonyl (C=O) groups excluding carboxylic acids is 1. The summed E-state index contributed by atoms with van der Waals surface area (Å²) in [5.74, 6) is 0.215. The highest BCUT2D eigenvalue weighted by Gasteiger charge is 2.34. The van der Waals surface area contributed by atoms with Gasteiger partial charge >= 0.3 is 0 Å². The number of allylic oxidation sites excluding steroid dienone is 2. The molecular weight excluding hydrogens is 365 g/mol. The van der Waals surface area contributed by atoms with Crippen LogP contribution in [0.4, 0.5) is 10.3 Å². The number of nitrogens with one attached hydrogen (secondary N) is 1. The highest BCUT2D eigenvalue weighted by atomic mass is 19.1. The fourth-order valence-electron chi connectivity index (χ4n) is 4.00. The van der Waals surface area contributed by atoms with Crippen LogP contribution in [0, 0.1) is 5.82 Å². The van der Waals surface area contributed by atoms with Gasteiger partial charge < -0.3 is 5.32 Å². The van der Waals surface area contributed by atoms with Gasteiger partial charge in [0.2, 0.25) is 5.95 Å². The maximum Gasteiger partial charge on any atom is 0.209 e. The van der Waals surface area contributed by atoms with Crippen LogP contribution in [0.25, 0.3) is 11.0 Å². The third kappa shape index (κ3) is 2.83. The molecule has 1 atom stereocenters. The molecule has 0 spiro atoms. The van der Waals surface area contributed by atoms with Crippen LogP contribution in [-0.2, 0) is 0 Å². The van der Waals surface area contributed by atoms with Gasteiger partial charge in [0.05, 0.1) is 17.1 Å². The van der Waals surface area contributed by atoms with Gasteiger partial charge in [0.25, 0.3) is 0 Å². The Balaban J connectivity index is 1.78. The van der Waals surface area contributed by atoms with E-state index in [-0.39, 0.29) is 11.6 Å². The number of benzene rings is 3. The number of aromatic nitrogens is 2. The second-order valence-electron chi connectivity index (χ2n) is 7.11. The molecule has 4 nitrogen and oxygen atoms in total. The molecular formula is C24H18FN3O. The van der Waals surface area contributed by atoms with Gasteiger partial charge in [-0.15, -0.1) is 0 Å². The third-order valence-corrected chi connectivity index (χ3v) is 5.28. The number of halogens is 1. The van der Waals surface area contributed by atoms with Crippen molar-refractivity contribution in [2.45, 2.75) is 13.0 Å². The molecule has 4 aromatic rings. The fourth-order valence-corrected chi connectivity index (χ4v) is 4.00. The largest absolute Gasteiger partial charge is 0.329 e. The first kappa shape index (κ1) is 17.4. The molecule has 0 saturated carbocycles. The number of hydrogen-bond donors (Lipinski definition) is 1. The van der Waals surface area contributed by atoms with Crippen molar-refractivity contribution in [1.29, 1.82) is 0 Å². The average Bonchev–Trinajstić information content (AvgIpc) is 3.10. The van der Waals surface area contributed by atoms with Crippen LogP contribution in [0.15, 0.2) is 90.1 Å². The summed E-state index contributed by atoms with van der Waals surface area (Å²) in [6.45, 7) is 1.87. The summed E-state index contributed by atoms with van der Waals surface area (Å²) in [6.07, 6.45) is 0. The van der Waals surface area contributed by atoms with Crippen LogP contribution in [0.3, 0.4) is 0 Å². The van der Waals surface area contributed by atoms with Gasteiger partial charge in [-0.3, -0.25) is 9.36 Å². The SMILES string of the molecule is CC1=C(C(=O)c2ccccc2)C(c2cccc(F)c2)n2c(nc3ccccc32)N1. The van der Waals surface area contributed by atoms with Gasteiger partial charge in [0.1, 0.15) is 5.82 Å². The lowest BCUT2D eigenvalue weighted by molar-refractivity contribution is 0.102. The van der Waals surface area contributed by atoms with E-state index in [0.717, 1.165) is 16.7 Å². The summed E-state index contributed by atoms with van der Waals surface area (Å²) < 4.78 is 16.1. The third-order valence-electron chi connectivity index (χ3n) is 5.28. The Morgan fingerprint density at radius 3 is 2.55 bits per heavy atom. The van der Waals surface area contributed by atoms with Crippen LogP contribution in [0.1, 0.15) is 28.9 Å². The molecule has 0 amide bonds. The lowest BCUT2D eigenvalue weighted by Gasteiger charge is -2.30. The highest BCUT2D eigenvalue weighted by molar-refractivity contribution is 6.11. The van der Waals surface area contributed by atoms with E-state index in [1.54, 1.807) is 18.2 Å². The molecule has 142 valence electrons. The van der Waals surface area contributed by atoms with Crippen LogP contribution in [-0.4, -0.2) is 15.3 Å². The summed E-state index contributed by atoms with van der Waals surface area (Å²) in [5.41, 5.74) is 4.30. The van der Waals surface area contributed by atoms with Crippen molar-refractivity contribution in [3.05, 3.63) is 107 Å². The number of rotatable bonds is 3. The van der Waals surface area contributed by atoms with Crippen molar-refractivity contribution in [2.75, 3.05) is 5.32 Å². The molecule has 5 heteroatoms. The summed E-state index contributed by atoms with van der Waals surface area (Å²) in [6, 6.07) is 22.8. The quantitative estimate of drug-likeness (QED) is 0.485. The van der Waals surface area contributed by atoms with Crippen molar-refractivity contribution in [3.63, 3.8) is 0 Å². The van der Waals surface area contributed by atoms with Crippen molar-refractivity contribution in [3.8, 4) is 0 Å². The number of ketones is 1. The van der Waals surface area contributed by atoms with Gasteiger partial charge in [-0.1, -0.05) is 54.6 Å². The smallest absolute Gasteiger partial charge is 0.209 e. The van der Waals surface area contributed by atoms with E-state index in [4.69, 9.17) is 0 Å². The first-order valence-electron chi connectivity index (χ1n) is 9.43. The molecule has 1 aromatic heterocycles. The zero-order valence-electron chi connectivity index (χ0n) is 15.8. The molecule has 0 saturated heterocycles. The lowest BCUT2D eigenvalue weighted by atomic mass is 9.89. The zero-order valence-corrected chi connectivity index (χ0v) is 15.8. The highest BCUT2D eigenvalue weighted by Crippen LogP contribution is 2.40. The Morgan fingerprint density at radius 1 is 1.00 bits per heavy atom. The van der Waals surface area contributed by atoms with Crippen molar-refractivity contribution in [2.24, 2.45) is 0 Å². The predicted molar refractivity (Wildman–Crippen MR) is 111 cm³/mol. The summed E-state index contributed by atoms with van der Waals surface area (Å²) in [5, 5.41) is 3.28. The zero-order chi connectivity index (χ0) is 20.0. The minimum atomic E-state index is -0.484. The van der Waals surface area contributed by atoms with Crippen LogP contribution in [0.5, 0.6) is 0 Å². The minimum absolute atomic E-state index is 0.0895. The normalized spacial score (nSPS) is 15.9. The molecule has 1 aliphatic heterocycles. The molecule has 0 fully saturated rings. The molecule has 1 unspecified atom stereocenters. The molecule has 1 N–H and O–H groups in total. The topological polar surface area (TPSA) is 46.9 Å². The Kier molecular flexibility index (Phi) is 4.02. The lowest BCUT2D eigenvalue weighted by Crippen LogP contribution is -2.28. The molecule has 0 radical (unpaired) electrons. The fraction of sp³-hybridized carbons (Fsp3) is 0.0833. The van der Waals surface area contributed by atoms with E-state index in [1.165, 1.54) is 12.1 Å². The number of nitrogens with zero attached hydrogens (tertiary/aromatic N) is 2. The second-order valence-corrected chi connectivity index (χ2v) is 7.11. The first-order valence-corrected chi connectivity index (χ1v) is 9.43. The molecule has 0 bridgehead atoms. The van der Waals surface area contributed by atoms with E-state index in [9.17, 15) is 9.18 Å². The van der Waals surface area contributed by atoms with Crippen LogP contribution in [0.2, 0.25) is 0 Å². The monoisotopic (exact) mass is 383 g/mol. The summed E-state index contributed by atoms with van der Waals surface area (Å²) in [4.78, 5) is 18.2. The molecule has 1 aliphatic rings. The number of para-hydroxylation sites is 2. The maximum atomic E-state index is 14.1. The van der Waals surface area contributed by atoms with E-state index in [0.29, 0.717) is 22.6 Å². The number of imidazole rings is 1. The molecule has 5 rings (SSSR count). The molecule has 29 heavy (non-hydrogen) atoms. The number of fused-ring (bicyclic) bond motifs is 3. The van der Waals surface area contributed by atoms with E-state index in [1.807, 2.05) is 60.0 Å². The predicted octanol–water partition coefficient (Wildman–Crippen LogP) is 5.35. The van der Waals surface area contributed by atoms with Gasteiger partial charge in [0.15, 0.2) is 5.78 Å². The molecule has 2 heterocycles. The van der Waals surface area contributed by atoms with E-state index in [2.05, 4.69) is 10.3 Å². The van der Waals surface area contributed by atoms with Crippen LogP contribution >= 0.6 is 0 Å². The Labute approximate surface area is 167 Å². The summed E-state index contributed by atoms with van der Waals surface area (Å²) >= 11 is 0. The molecule has 0 aliphatic carbocycles. The van der Waals surface area contributed by atoms with Crippen molar-refractivity contribution >= 4 is 22.8 Å². The van der Waals surface area contributed by atoms with Gasteiger partial charge in [-0.05, 0) is 36.8 Å². The Hall–Kier alpha value is -3.73. The Bertz CT molecular complexity index is 1270. The van der Waals surface area contributed by atoms with E-state index < -0.39 is 6.04 Å². The Morgan fingerprint density at radius 2 is 1.76 bits per heavy atom. The average molecular weight is 383 g/mol. The number of anilines is 1. The number of Topliss-reactive ketones (excluding diaryl/α,β-unsaturated/α-hetero) is 1. The number of carbonyl (C=O) groups is 1. The second kappa shape index (κ2) is 6.71. The van der Waals surface area contributed by atoms with Crippen LogP contribution < -0.4 is 5.32 Å². The van der Waals surface area contributed by atoms with Gasteiger partial charge in [-0.2, -0.15) is 0 Å². The van der Waals surface area contributed by atoms with Crippen molar-refractivity contribution < 1.29 is 9.18 Å². The van der Waals surface area contributed by atoms with Crippen molar-refractivity contribution in [1.82, 2.24) is 9.55 Å². The summed E-state index contributed by atoms with van der Waals surface area (Å²) in [7, 11) is 0. The first-order chi connectivity index (χ1) is 14.1. The number of hydrogen-bond acceptors (Lipinski definition) is 3. The van der Waals surface area contributed by atoms with Gasteiger partial charge in [0, 0.05) is 16.8 Å². The standard InChI is InChI=1S/C24H18FN3O/c1-15-21(23(29)16-8-3-2-4-9-16)22(17-10-7-11-18(25)14-17)28-20-13-6-5-12-19(20)27-24(28)26-15/h2-14,22H,1H3,(H,26,27). The molecule has 3 aromatic carbocycles.